The van der Waals surface area contributed by atoms with Gasteiger partial charge in [-0.2, -0.15) is 0 Å². The number of rotatable bonds is 3. The summed E-state index contributed by atoms with van der Waals surface area (Å²) in [7, 11) is 0. The van der Waals surface area contributed by atoms with E-state index >= 15 is 0 Å². The summed E-state index contributed by atoms with van der Waals surface area (Å²) in [5, 5.41) is 0. The van der Waals surface area contributed by atoms with Gasteiger partial charge in [-0.15, -0.1) is 0 Å². The van der Waals surface area contributed by atoms with E-state index in [0.717, 1.165) is 12.5 Å². The molecule has 1 aliphatic rings. The lowest BCUT2D eigenvalue weighted by Gasteiger charge is -2.37. The molecule has 78 valence electrons. The molecule has 0 aromatic carbocycles. The first-order valence-electron chi connectivity index (χ1n) is 5.33. The fraction of sp³-hybridized carbons (Fsp3) is 1.00. The van der Waals surface area contributed by atoms with E-state index in [1.807, 2.05) is 0 Å². The Hall–Kier alpha value is 0.440. The van der Waals surface area contributed by atoms with E-state index in [1.54, 1.807) is 0 Å². The van der Waals surface area contributed by atoms with Gasteiger partial charge in [-0.05, 0) is 39.0 Å². The summed E-state index contributed by atoms with van der Waals surface area (Å²) in [5.41, 5.74) is 0.0999. The Balaban J connectivity index is 2.42. The van der Waals surface area contributed by atoms with Crippen LogP contribution >= 0.6 is 15.9 Å². The molecule has 1 nitrogen and oxygen atoms in total. The molecule has 2 atom stereocenters. The monoisotopic (exact) mass is 248 g/mol. The largest absolute Gasteiger partial charge is 0.376 e. The first-order chi connectivity index (χ1) is 6.05. The van der Waals surface area contributed by atoms with Crippen molar-refractivity contribution in [2.24, 2.45) is 5.92 Å². The van der Waals surface area contributed by atoms with Gasteiger partial charge in [-0.1, -0.05) is 29.3 Å². The summed E-state index contributed by atoms with van der Waals surface area (Å²) in [6.07, 6.45) is 4.98. The Labute approximate surface area is 90.4 Å². The van der Waals surface area contributed by atoms with Crippen molar-refractivity contribution in [1.29, 1.82) is 0 Å². The fourth-order valence-electron chi connectivity index (χ4n) is 2.10. The summed E-state index contributed by atoms with van der Waals surface area (Å²) < 4.78 is 5.70. The summed E-state index contributed by atoms with van der Waals surface area (Å²) in [5.74, 6) is 0.809. The minimum absolute atomic E-state index is 0.0999. The zero-order chi connectivity index (χ0) is 9.90. The van der Waals surface area contributed by atoms with Gasteiger partial charge in [0.25, 0.3) is 0 Å². The summed E-state index contributed by atoms with van der Waals surface area (Å²) in [4.78, 5) is 0.695. The fourth-order valence-corrected chi connectivity index (χ4v) is 3.01. The zero-order valence-electron chi connectivity index (χ0n) is 8.98. The zero-order valence-corrected chi connectivity index (χ0v) is 10.6. The molecule has 0 aliphatic carbocycles. The van der Waals surface area contributed by atoms with Crippen LogP contribution in [0.3, 0.4) is 0 Å². The van der Waals surface area contributed by atoms with Crippen LogP contribution in [0.2, 0.25) is 0 Å². The van der Waals surface area contributed by atoms with E-state index < -0.39 is 0 Å². The minimum atomic E-state index is 0.0999. The van der Waals surface area contributed by atoms with Crippen molar-refractivity contribution in [3.8, 4) is 0 Å². The molecule has 0 aromatic rings. The van der Waals surface area contributed by atoms with Crippen LogP contribution in [-0.2, 0) is 4.74 Å². The molecule has 2 unspecified atom stereocenters. The maximum Gasteiger partial charge on any atom is 0.0629 e. The molecule has 0 spiro atoms. The quantitative estimate of drug-likeness (QED) is 0.692. The first kappa shape index (κ1) is 11.5. The highest BCUT2D eigenvalue weighted by atomic mass is 79.9. The van der Waals surface area contributed by atoms with Crippen molar-refractivity contribution < 1.29 is 4.74 Å². The maximum atomic E-state index is 5.70. The van der Waals surface area contributed by atoms with Gasteiger partial charge in [0.05, 0.1) is 5.60 Å². The van der Waals surface area contributed by atoms with Crippen LogP contribution < -0.4 is 0 Å². The molecule has 1 fully saturated rings. The van der Waals surface area contributed by atoms with Gasteiger partial charge < -0.3 is 4.74 Å². The van der Waals surface area contributed by atoms with E-state index in [9.17, 15) is 0 Å². The standard InChI is InChI=1S/C11H21BrO/c1-4-5-10(12)9-6-7-13-11(2,3)8-9/h9-10H,4-8H2,1-3H3. The van der Waals surface area contributed by atoms with Gasteiger partial charge in [0.2, 0.25) is 0 Å². The lowest BCUT2D eigenvalue weighted by molar-refractivity contribution is -0.0723. The average molecular weight is 249 g/mol. The van der Waals surface area contributed by atoms with Crippen LogP contribution in [0.25, 0.3) is 0 Å². The van der Waals surface area contributed by atoms with Gasteiger partial charge in [0.15, 0.2) is 0 Å². The topological polar surface area (TPSA) is 9.23 Å². The Kier molecular flexibility index (Phi) is 4.24. The maximum absolute atomic E-state index is 5.70. The number of hydrogen-bond acceptors (Lipinski definition) is 1. The van der Waals surface area contributed by atoms with Gasteiger partial charge in [-0.25, -0.2) is 0 Å². The summed E-state index contributed by atoms with van der Waals surface area (Å²) in [6, 6.07) is 0. The molecule has 0 radical (unpaired) electrons. The highest BCUT2D eigenvalue weighted by molar-refractivity contribution is 9.09. The molecule has 0 saturated carbocycles. The van der Waals surface area contributed by atoms with Crippen LogP contribution in [-0.4, -0.2) is 17.0 Å². The number of ether oxygens (including phenoxy) is 1. The number of halogens is 1. The molecule has 0 aromatic heterocycles. The highest BCUT2D eigenvalue weighted by Crippen LogP contribution is 2.34. The molecule has 13 heavy (non-hydrogen) atoms. The van der Waals surface area contributed by atoms with Crippen molar-refractivity contribution >= 4 is 15.9 Å². The van der Waals surface area contributed by atoms with Crippen molar-refractivity contribution in [2.45, 2.75) is 56.9 Å². The Morgan fingerprint density at radius 3 is 2.77 bits per heavy atom. The van der Waals surface area contributed by atoms with Crippen LogP contribution in [0.1, 0.15) is 46.5 Å². The van der Waals surface area contributed by atoms with Crippen LogP contribution in [0.15, 0.2) is 0 Å². The lowest BCUT2D eigenvalue weighted by Crippen LogP contribution is -2.37. The third-order valence-electron chi connectivity index (χ3n) is 2.81. The van der Waals surface area contributed by atoms with Gasteiger partial charge >= 0.3 is 0 Å². The number of alkyl halides is 1. The Bertz CT molecular complexity index is 156. The van der Waals surface area contributed by atoms with Crippen LogP contribution in [0.4, 0.5) is 0 Å². The summed E-state index contributed by atoms with van der Waals surface area (Å²) >= 11 is 3.80. The Morgan fingerprint density at radius 2 is 2.23 bits per heavy atom. The van der Waals surface area contributed by atoms with E-state index in [0.29, 0.717) is 4.83 Å². The predicted molar refractivity (Wildman–Crippen MR) is 60.4 cm³/mol. The van der Waals surface area contributed by atoms with Crippen LogP contribution in [0.5, 0.6) is 0 Å². The van der Waals surface area contributed by atoms with Crippen molar-refractivity contribution in [3.05, 3.63) is 0 Å². The van der Waals surface area contributed by atoms with E-state index in [1.165, 1.54) is 25.7 Å². The highest BCUT2D eigenvalue weighted by Gasteiger charge is 2.31. The molecule has 1 aliphatic heterocycles. The average Bonchev–Trinajstić information content (AvgIpc) is 2.03. The normalized spacial score (nSPS) is 30.0. The predicted octanol–water partition coefficient (Wildman–Crippen LogP) is 3.76. The molecule has 1 saturated heterocycles. The first-order valence-corrected chi connectivity index (χ1v) is 6.25. The molecular formula is C11H21BrO. The Morgan fingerprint density at radius 1 is 1.54 bits per heavy atom. The smallest absolute Gasteiger partial charge is 0.0629 e. The van der Waals surface area contributed by atoms with Gasteiger partial charge in [0, 0.05) is 11.4 Å². The molecule has 0 bridgehead atoms. The number of hydrogen-bond donors (Lipinski definition) is 0. The third-order valence-corrected chi connectivity index (χ3v) is 4.02. The third kappa shape index (κ3) is 3.59. The van der Waals surface area contributed by atoms with Crippen LogP contribution in [0, 0.1) is 5.92 Å². The van der Waals surface area contributed by atoms with Crippen molar-refractivity contribution in [2.75, 3.05) is 6.61 Å². The minimum Gasteiger partial charge on any atom is -0.376 e. The molecule has 1 rings (SSSR count). The second-order valence-electron chi connectivity index (χ2n) is 4.67. The summed E-state index contributed by atoms with van der Waals surface area (Å²) in [6.45, 7) is 7.58. The van der Waals surface area contributed by atoms with E-state index in [-0.39, 0.29) is 5.60 Å². The molecular weight excluding hydrogens is 228 g/mol. The molecule has 0 N–H and O–H groups in total. The van der Waals surface area contributed by atoms with Gasteiger partial charge in [-0.3, -0.25) is 0 Å². The second-order valence-corrected chi connectivity index (χ2v) is 5.84. The molecule has 2 heteroatoms. The van der Waals surface area contributed by atoms with Crippen molar-refractivity contribution in [1.82, 2.24) is 0 Å². The molecule has 0 amide bonds. The van der Waals surface area contributed by atoms with E-state index in [4.69, 9.17) is 4.74 Å². The second kappa shape index (κ2) is 4.79. The SMILES string of the molecule is CCCC(Br)C1CCOC(C)(C)C1. The lowest BCUT2D eigenvalue weighted by atomic mass is 9.85. The molecule has 1 heterocycles. The van der Waals surface area contributed by atoms with Gasteiger partial charge in [0.1, 0.15) is 0 Å². The van der Waals surface area contributed by atoms with Crippen molar-refractivity contribution in [3.63, 3.8) is 0 Å². The van der Waals surface area contributed by atoms with E-state index in [2.05, 4.69) is 36.7 Å².